The lowest BCUT2D eigenvalue weighted by Gasteiger charge is -2.26. The number of benzene rings is 3. The van der Waals surface area contributed by atoms with E-state index in [9.17, 15) is 19.5 Å². The van der Waals surface area contributed by atoms with E-state index in [2.05, 4.69) is 5.32 Å². The van der Waals surface area contributed by atoms with Crippen LogP contribution in [0.2, 0.25) is 0 Å². The molecule has 4 N–H and O–H groups in total. The predicted molar refractivity (Wildman–Crippen MR) is 180 cm³/mol. The fourth-order valence-corrected chi connectivity index (χ4v) is 5.81. The number of fused-ring (bicyclic) bond motifs is 2. The summed E-state index contributed by atoms with van der Waals surface area (Å²) in [5.41, 5.74) is 8.89. The number of nitrogens with two attached hydrogens (primary N) is 1. The molecule has 0 aliphatic heterocycles. The molecule has 3 aromatic carbocycles. The summed E-state index contributed by atoms with van der Waals surface area (Å²) in [5.74, 6) is 0.0915. The molecule has 0 radical (unpaired) electrons. The molecular formula is C37H48N2O8. The van der Waals surface area contributed by atoms with E-state index in [0.717, 1.165) is 33.6 Å². The molecule has 2 aliphatic rings. The number of carboxylic acids is 1. The summed E-state index contributed by atoms with van der Waals surface area (Å²) >= 11 is 0. The van der Waals surface area contributed by atoms with Gasteiger partial charge in [-0.3, -0.25) is 9.59 Å². The van der Waals surface area contributed by atoms with E-state index >= 15 is 0 Å². The number of para-hydroxylation sites is 1. The SMILES string of the molecule is CC.CCOC(=O)C1(N)Cc2ccc(OC)cc2C1.COc1ccc2c(c1)CC(NC(=O)c1cccc(C)c1OC(C)C)(C(=O)O)C2. The molecule has 3 aromatic rings. The maximum absolute atomic E-state index is 13.1. The van der Waals surface area contributed by atoms with Crippen LogP contribution >= 0.6 is 0 Å². The molecule has 254 valence electrons. The number of ether oxygens (including phenoxy) is 4. The number of carboxylic acid groups (broad SMARTS) is 1. The lowest BCUT2D eigenvalue weighted by molar-refractivity contribution is -0.149. The van der Waals surface area contributed by atoms with E-state index in [1.807, 2.05) is 71.0 Å². The fraction of sp³-hybridized carbons (Fsp3) is 0.432. The highest BCUT2D eigenvalue weighted by molar-refractivity contribution is 6.00. The Hall–Kier alpha value is -4.57. The third-order valence-electron chi connectivity index (χ3n) is 8.08. The fourth-order valence-electron chi connectivity index (χ4n) is 5.81. The molecule has 10 nitrogen and oxygen atoms in total. The van der Waals surface area contributed by atoms with Crippen molar-refractivity contribution in [2.45, 2.75) is 84.4 Å². The quantitative estimate of drug-likeness (QED) is 0.266. The van der Waals surface area contributed by atoms with Crippen molar-refractivity contribution in [3.8, 4) is 17.2 Å². The van der Waals surface area contributed by atoms with Crippen molar-refractivity contribution in [1.29, 1.82) is 0 Å². The van der Waals surface area contributed by atoms with Crippen LogP contribution in [0.3, 0.4) is 0 Å². The minimum Gasteiger partial charge on any atom is -0.497 e. The number of aliphatic carboxylic acids is 1. The average molecular weight is 649 g/mol. The van der Waals surface area contributed by atoms with E-state index in [1.165, 1.54) is 0 Å². The molecule has 0 heterocycles. The Labute approximate surface area is 277 Å². The molecule has 2 aliphatic carbocycles. The molecule has 0 bridgehead atoms. The third-order valence-corrected chi connectivity index (χ3v) is 8.08. The van der Waals surface area contributed by atoms with Gasteiger partial charge in [0.1, 0.15) is 28.3 Å². The smallest absolute Gasteiger partial charge is 0.330 e. The zero-order valence-corrected chi connectivity index (χ0v) is 28.7. The number of hydrogen-bond acceptors (Lipinski definition) is 8. The van der Waals surface area contributed by atoms with Gasteiger partial charge in [0.05, 0.1) is 32.5 Å². The summed E-state index contributed by atoms with van der Waals surface area (Å²) in [6.45, 7) is 11.8. The van der Waals surface area contributed by atoms with Crippen molar-refractivity contribution in [2.75, 3.05) is 20.8 Å². The van der Waals surface area contributed by atoms with Crippen molar-refractivity contribution in [3.05, 3.63) is 88.0 Å². The van der Waals surface area contributed by atoms with Crippen molar-refractivity contribution >= 4 is 17.8 Å². The number of aryl methyl sites for hydroxylation is 1. The number of amides is 1. The predicted octanol–water partition coefficient (Wildman–Crippen LogP) is 5.22. The molecule has 2 atom stereocenters. The van der Waals surface area contributed by atoms with E-state index in [4.69, 9.17) is 24.7 Å². The molecular weight excluding hydrogens is 600 g/mol. The minimum atomic E-state index is -1.40. The third kappa shape index (κ3) is 8.43. The van der Waals surface area contributed by atoms with Crippen molar-refractivity contribution in [2.24, 2.45) is 5.73 Å². The standard InChI is InChI=1S/C22H25NO5.C13H17NO3.C2H6/c1-13(2)28-19-14(3)6-5-7-18(19)20(24)23-22(21(25)26)11-15-8-9-17(27-4)10-16(15)12-22;1-3-17-12(15)13(14)7-9-4-5-11(16-2)6-10(9)8-13;1-2/h5-10,13H,11-12H2,1-4H3,(H,23,24)(H,25,26);4-6H,3,7-8,14H2,1-2H3;1-2H3. The second kappa shape index (κ2) is 15.8. The number of methoxy groups -OCH3 is 2. The topological polar surface area (TPSA) is 146 Å². The van der Waals surface area contributed by atoms with Crippen LogP contribution in [0.25, 0.3) is 0 Å². The molecule has 0 saturated heterocycles. The summed E-state index contributed by atoms with van der Waals surface area (Å²) in [6, 6.07) is 16.5. The summed E-state index contributed by atoms with van der Waals surface area (Å²) in [4.78, 5) is 37.0. The van der Waals surface area contributed by atoms with Gasteiger partial charge >= 0.3 is 11.9 Å². The van der Waals surface area contributed by atoms with Gasteiger partial charge in [-0.05, 0) is 85.8 Å². The minimum absolute atomic E-state index is 0.107. The molecule has 0 spiro atoms. The van der Waals surface area contributed by atoms with Gasteiger partial charge in [-0.25, -0.2) is 4.79 Å². The highest BCUT2D eigenvalue weighted by Gasteiger charge is 2.46. The van der Waals surface area contributed by atoms with Crippen LogP contribution in [-0.4, -0.2) is 61.0 Å². The number of esters is 1. The first kappa shape index (κ1) is 36.9. The van der Waals surface area contributed by atoms with Crippen LogP contribution in [0.4, 0.5) is 0 Å². The van der Waals surface area contributed by atoms with Gasteiger partial charge in [0, 0.05) is 25.7 Å². The van der Waals surface area contributed by atoms with Crippen LogP contribution < -0.4 is 25.3 Å². The van der Waals surface area contributed by atoms with Crippen LogP contribution in [0.5, 0.6) is 17.2 Å². The Morgan fingerprint density at radius 2 is 1.40 bits per heavy atom. The number of hydrogen-bond donors (Lipinski definition) is 3. The van der Waals surface area contributed by atoms with Crippen LogP contribution in [0.15, 0.2) is 54.6 Å². The van der Waals surface area contributed by atoms with Gasteiger partial charge < -0.3 is 35.1 Å². The van der Waals surface area contributed by atoms with Crippen molar-refractivity contribution in [1.82, 2.24) is 5.32 Å². The molecule has 0 saturated carbocycles. The number of nitrogens with one attached hydrogen (secondary N) is 1. The lowest BCUT2D eigenvalue weighted by Crippen LogP contribution is -2.55. The Morgan fingerprint density at radius 1 is 0.872 bits per heavy atom. The second-order valence-corrected chi connectivity index (χ2v) is 11.8. The molecule has 5 rings (SSSR count). The number of carbonyl (C=O) groups is 3. The van der Waals surface area contributed by atoms with Crippen LogP contribution in [0.1, 0.15) is 72.8 Å². The highest BCUT2D eigenvalue weighted by Crippen LogP contribution is 2.35. The van der Waals surface area contributed by atoms with Gasteiger partial charge in [-0.2, -0.15) is 0 Å². The van der Waals surface area contributed by atoms with Crippen LogP contribution in [0, 0.1) is 6.92 Å². The number of rotatable bonds is 9. The Bertz CT molecular complexity index is 1590. The Balaban J connectivity index is 0.000000270. The zero-order chi connectivity index (χ0) is 34.9. The van der Waals surface area contributed by atoms with E-state index in [-0.39, 0.29) is 24.9 Å². The summed E-state index contributed by atoms with van der Waals surface area (Å²) in [5, 5.41) is 12.7. The molecule has 10 heteroatoms. The summed E-state index contributed by atoms with van der Waals surface area (Å²) < 4.78 is 21.2. The Morgan fingerprint density at radius 3 is 1.94 bits per heavy atom. The van der Waals surface area contributed by atoms with E-state index in [0.29, 0.717) is 36.5 Å². The molecule has 1 amide bonds. The molecule has 0 aromatic heterocycles. The Kier molecular flexibility index (Phi) is 12.4. The first-order valence-corrected chi connectivity index (χ1v) is 15.9. The summed E-state index contributed by atoms with van der Waals surface area (Å²) in [7, 11) is 3.19. The first-order chi connectivity index (χ1) is 22.3. The van der Waals surface area contributed by atoms with E-state index < -0.39 is 23.0 Å². The largest absolute Gasteiger partial charge is 0.497 e. The molecule has 2 unspecified atom stereocenters. The maximum atomic E-state index is 13.1. The van der Waals surface area contributed by atoms with E-state index in [1.54, 1.807) is 39.3 Å². The van der Waals surface area contributed by atoms with Gasteiger partial charge in [-0.1, -0.05) is 38.1 Å². The van der Waals surface area contributed by atoms with Crippen LogP contribution in [-0.2, 0) is 40.0 Å². The molecule has 47 heavy (non-hydrogen) atoms. The lowest BCUT2D eigenvalue weighted by atomic mass is 9.95. The maximum Gasteiger partial charge on any atom is 0.330 e. The van der Waals surface area contributed by atoms with Crippen molar-refractivity contribution in [3.63, 3.8) is 0 Å². The monoisotopic (exact) mass is 648 g/mol. The van der Waals surface area contributed by atoms with Gasteiger partial charge in [-0.15, -0.1) is 0 Å². The number of carbonyl (C=O) groups excluding carboxylic acids is 2. The van der Waals surface area contributed by atoms with Gasteiger partial charge in [0.2, 0.25) is 0 Å². The van der Waals surface area contributed by atoms with Gasteiger partial charge in [0.25, 0.3) is 5.91 Å². The van der Waals surface area contributed by atoms with Gasteiger partial charge in [0.15, 0.2) is 0 Å². The highest BCUT2D eigenvalue weighted by atomic mass is 16.5. The second-order valence-electron chi connectivity index (χ2n) is 11.8. The zero-order valence-electron chi connectivity index (χ0n) is 28.7. The first-order valence-electron chi connectivity index (χ1n) is 15.9. The van der Waals surface area contributed by atoms with Crippen molar-refractivity contribution < 1.29 is 38.4 Å². The normalized spacial score (nSPS) is 18.8. The average Bonchev–Trinajstić information content (AvgIpc) is 3.60. The molecule has 0 fully saturated rings. The summed E-state index contributed by atoms with van der Waals surface area (Å²) in [6.07, 6.45) is 1.36.